The van der Waals surface area contributed by atoms with E-state index < -0.39 is 0 Å². The Hall–Kier alpha value is -1.46. The van der Waals surface area contributed by atoms with E-state index in [-0.39, 0.29) is 18.3 Å². The summed E-state index contributed by atoms with van der Waals surface area (Å²) in [7, 11) is 1.97. The standard InChI is InChI=1S/C19H26N2O3.ClH/c1-21(16-11-14-4-5-15(12-16)20-14)19(22)7-3-13-2-6-17-18(10-13)24-9-8-23-17;/h2,6,10,14-16,20H,3-5,7-9,11-12H2,1H3;1H. The predicted octanol–water partition coefficient (Wildman–Crippen LogP) is 2.55. The molecular weight excluding hydrogens is 340 g/mol. The summed E-state index contributed by atoms with van der Waals surface area (Å²) in [4.78, 5) is 14.6. The van der Waals surface area contributed by atoms with Crippen molar-refractivity contribution < 1.29 is 14.3 Å². The first-order valence-corrected chi connectivity index (χ1v) is 9.09. The minimum absolute atomic E-state index is 0. The Morgan fingerprint density at radius 2 is 1.84 bits per heavy atom. The van der Waals surface area contributed by atoms with E-state index in [0.717, 1.165) is 36.3 Å². The molecule has 5 nitrogen and oxygen atoms in total. The van der Waals surface area contributed by atoms with Gasteiger partial charge in [-0.25, -0.2) is 0 Å². The van der Waals surface area contributed by atoms with E-state index in [4.69, 9.17) is 9.47 Å². The monoisotopic (exact) mass is 366 g/mol. The molecule has 2 fully saturated rings. The minimum Gasteiger partial charge on any atom is -0.486 e. The van der Waals surface area contributed by atoms with E-state index in [1.54, 1.807) is 0 Å². The third-order valence-electron chi connectivity index (χ3n) is 5.62. The number of hydrogen-bond acceptors (Lipinski definition) is 4. The number of benzene rings is 1. The molecule has 138 valence electrons. The fraction of sp³-hybridized carbons (Fsp3) is 0.632. The molecule has 4 rings (SSSR count). The molecule has 6 heteroatoms. The summed E-state index contributed by atoms with van der Waals surface area (Å²) in [6, 6.07) is 7.61. The molecule has 3 aliphatic heterocycles. The third-order valence-corrected chi connectivity index (χ3v) is 5.62. The highest BCUT2D eigenvalue weighted by Crippen LogP contribution is 2.32. The average molecular weight is 367 g/mol. The van der Waals surface area contributed by atoms with Gasteiger partial charge in [0.05, 0.1) is 0 Å². The van der Waals surface area contributed by atoms with Crippen LogP contribution in [0.3, 0.4) is 0 Å². The van der Waals surface area contributed by atoms with Gasteiger partial charge in [0.1, 0.15) is 13.2 Å². The SMILES string of the molecule is CN(C(=O)CCc1ccc2c(c1)OCCO2)C1CC2CCC(C1)N2.Cl. The first-order valence-electron chi connectivity index (χ1n) is 9.09. The fourth-order valence-electron chi connectivity index (χ4n) is 4.22. The van der Waals surface area contributed by atoms with Crippen LogP contribution < -0.4 is 14.8 Å². The number of piperidine rings is 1. The first-order chi connectivity index (χ1) is 11.7. The summed E-state index contributed by atoms with van der Waals surface area (Å²) in [5.41, 5.74) is 1.13. The normalized spacial score (nSPS) is 26.7. The van der Waals surface area contributed by atoms with Crippen molar-refractivity contribution in [3.63, 3.8) is 0 Å². The Balaban J connectivity index is 0.00000182. The summed E-state index contributed by atoms with van der Waals surface area (Å²) in [6.07, 6.45) is 6.03. The van der Waals surface area contributed by atoms with Crippen LogP contribution in [-0.2, 0) is 11.2 Å². The molecule has 0 aromatic heterocycles. The zero-order chi connectivity index (χ0) is 16.5. The second-order valence-corrected chi connectivity index (χ2v) is 7.25. The Bertz CT molecular complexity index is 613. The molecule has 1 aromatic carbocycles. The molecule has 25 heavy (non-hydrogen) atoms. The van der Waals surface area contributed by atoms with Gasteiger partial charge in [-0.1, -0.05) is 6.07 Å². The van der Waals surface area contributed by atoms with Gasteiger partial charge >= 0.3 is 0 Å². The summed E-state index contributed by atoms with van der Waals surface area (Å²) >= 11 is 0. The lowest BCUT2D eigenvalue weighted by atomic mass is 9.98. The topological polar surface area (TPSA) is 50.8 Å². The Labute approximate surface area is 155 Å². The van der Waals surface area contributed by atoms with Gasteiger partial charge in [-0.3, -0.25) is 4.79 Å². The molecule has 3 aliphatic rings. The highest BCUT2D eigenvalue weighted by molar-refractivity contribution is 5.85. The number of ether oxygens (including phenoxy) is 2. The largest absolute Gasteiger partial charge is 0.486 e. The van der Waals surface area contributed by atoms with Gasteiger partial charge in [0.2, 0.25) is 5.91 Å². The summed E-state index contributed by atoms with van der Waals surface area (Å²) in [6.45, 7) is 1.20. The van der Waals surface area contributed by atoms with Gasteiger partial charge in [-0.2, -0.15) is 0 Å². The van der Waals surface area contributed by atoms with Crippen LogP contribution in [0, 0.1) is 0 Å². The van der Waals surface area contributed by atoms with Crippen LogP contribution in [0.1, 0.15) is 37.7 Å². The van der Waals surface area contributed by atoms with Gasteiger partial charge < -0.3 is 19.7 Å². The lowest BCUT2D eigenvalue weighted by molar-refractivity contribution is -0.132. The molecule has 2 unspecified atom stereocenters. The van der Waals surface area contributed by atoms with Crippen LogP contribution in [0.4, 0.5) is 0 Å². The Morgan fingerprint density at radius 1 is 1.16 bits per heavy atom. The molecule has 2 saturated heterocycles. The van der Waals surface area contributed by atoms with Gasteiger partial charge in [-0.05, 0) is 49.8 Å². The van der Waals surface area contributed by atoms with Crippen molar-refractivity contribution in [3.8, 4) is 11.5 Å². The molecule has 0 saturated carbocycles. The fourth-order valence-corrected chi connectivity index (χ4v) is 4.22. The van der Waals surface area contributed by atoms with Crippen LogP contribution in [0.5, 0.6) is 11.5 Å². The summed E-state index contributed by atoms with van der Waals surface area (Å²) in [5, 5.41) is 3.64. The molecule has 0 radical (unpaired) electrons. The van der Waals surface area contributed by atoms with Crippen molar-refractivity contribution in [2.24, 2.45) is 0 Å². The minimum atomic E-state index is 0. The first kappa shape index (κ1) is 18.3. The number of halogens is 1. The average Bonchev–Trinajstić information content (AvgIpc) is 2.96. The second-order valence-electron chi connectivity index (χ2n) is 7.25. The van der Waals surface area contributed by atoms with Gasteiger partial charge in [-0.15, -0.1) is 12.4 Å². The molecule has 2 atom stereocenters. The predicted molar refractivity (Wildman–Crippen MR) is 98.7 cm³/mol. The number of nitrogens with zero attached hydrogens (tertiary/aromatic N) is 1. The molecule has 0 spiro atoms. The van der Waals surface area contributed by atoms with Crippen molar-refractivity contribution >= 4 is 18.3 Å². The molecule has 2 bridgehead atoms. The van der Waals surface area contributed by atoms with Crippen molar-refractivity contribution in [1.82, 2.24) is 10.2 Å². The number of hydrogen-bond donors (Lipinski definition) is 1. The molecule has 1 aromatic rings. The van der Waals surface area contributed by atoms with Crippen molar-refractivity contribution in [2.75, 3.05) is 20.3 Å². The number of amides is 1. The molecule has 3 heterocycles. The maximum absolute atomic E-state index is 12.6. The molecule has 0 aliphatic carbocycles. The summed E-state index contributed by atoms with van der Waals surface area (Å²) in [5.74, 6) is 1.85. The number of fused-ring (bicyclic) bond motifs is 3. The van der Waals surface area contributed by atoms with E-state index in [1.807, 2.05) is 30.1 Å². The summed E-state index contributed by atoms with van der Waals surface area (Å²) < 4.78 is 11.2. The maximum atomic E-state index is 12.6. The van der Waals surface area contributed by atoms with Crippen LogP contribution in [0.15, 0.2) is 18.2 Å². The van der Waals surface area contributed by atoms with E-state index in [9.17, 15) is 4.79 Å². The Kier molecular flexibility index (Phi) is 5.74. The highest BCUT2D eigenvalue weighted by atomic mass is 35.5. The van der Waals surface area contributed by atoms with Crippen LogP contribution in [0.25, 0.3) is 0 Å². The van der Waals surface area contributed by atoms with Gasteiger partial charge in [0.25, 0.3) is 0 Å². The number of nitrogens with one attached hydrogen (secondary N) is 1. The lowest BCUT2D eigenvalue weighted by Gasteiger charge is -2.35. The highest BCUT2D eigenvalue weighted by Gasteiger charge is 2.36. The van der Waals surface area contributed by atoms with Gasteiger partial charge in [0, 0.05) is 31.6 Å². The lowest BCUT2D eigenvalue weighted by Crippen LogP contribution is -2.48. The van der Waals surface area contributed by atoms with Crippen LogP contribution in [0.2, 0.25) is 0 Å². The number of rotatable bonds is 4. The van der Waals surface area contributed by atoms with Crippen molar-refractivity contribution in [2.45, 2.75) is 56.7 Å². The van der Waals surface area contributed by atoms with E-state index in [2.05, 4.69) is 5.32 Å². The van der Waals surface area contributed by atoms with E-state index in [0.29, 0.717) is 37.8 Å². The van der Waals surface area contributed by atoms with Crippen LogP contribution >= 0.6 is 12.4 Å². The number of aryl methyl sites for hydroxylation is 1. The molecule has 1 N–H and O–H groups in total. The molecule has 1 amide bonds. The third kappa shape index (κ3) is 4.04. The van der Waals surface area contributed by atoms with Gasteiger partial charge in [0.15, 0.2) is 11.5 Å². The molecular formula is C19H27ClN2O3. The van der Waals surface area contributed by atoms with Crippen LogP contribution in [-0.4, -0.2) is 49.2 Å². The van der Waals surface area contributed by atoms with Crippen molar-refractivity contribution in [3.05, 3.63) is 23.8 Å². The number of carbonyl (C=O) groups is 1. The number of carbonyl (C=O) groups excluding carboxylic acids is 1. The maximum Gasteiger partial charge on any atom is 0.222 e. The zero-order valence-corrected chi connectivity index (χ0v) is 15.5. The zero-order valence-electron chi connectivity index (χ0n) is 14.7. The quantitative estimate of drug-likeness (QED) is 0.889. The van der Waals surface area contributed by atoms with E-state index >= 15 is 0 Å². The second kappa shape index (κ2) is 7.83. The smallest absolute Gasteiger partial charge is 0.222 e. The van der Waals surface area contributed by atoms with Crippen molar-refractivity contribution in [1.29, 1.82) is 0 Å². The Morgan fingerprint density at radius 3 is 2.56 bits per heavy atom. The van der Waals surface area contributed by atoms with E-state index in [1.165, 1.54) is 12.8 Å².